The summed E-state index contributed by atoms with van der Waals surface area (Å²) in [6, 6.07) is 7.33. The normalized spacial score (nSPS) is 12.4. The number of nitrogens with zero attached hydrogens (tertiary/aromatic N) is 1. The number of aromatic hydroxyl groups is 1. The quantitative estimate of drug-likeness (QED) is 0.866. The van der Waals surface area contributed by atoms with Crippen molar-refractivity contribution in [1.82, 2.24) is 10.5 Å². The van der Waals surface area contributed by atoms with Crippen molar-refractivity contribution >= 4 is 0 Å². The van der Waals surface area contributed by atoms with Crippen LogP contribution in [0.5, 0.6) is 11.5 Å². The predicted molar refractivity (Wildman–Crippen MR) is 71.2 cm³/mol. The minimum absolute atomic E-state index is 0.117. The van der Waals surface area contributed by atoms with Gasteiger partial charge < -0.3 is 19.7 Å². The maximum Gasteiger partial charge on any atom is 0.160 e. The van der Waals surface area contributed by atoms with E-state index in [2.05, 4.69) is 10.5 Å². The maximum atomic E-state index is 9.56. The van der Waals surface area contributed by atoms with Crippen LogP contribution in [0.4, 0.5) is 0 Å². The van der Waals surface area contributed by atoms with Crippen molar-refractivity contribution in [2.45, 2.75) is 26.4 Å². The highest BCUT2D eigenvalue weighted by Gasteiger charge is 2.10. The van der Waals surface area contributed by atoms with E-state index in [4.69, 9.17) is 9.26 Å². The van der Waals surface area contributed by atoms with Crippen LogP contribution >= 0.6 is 0 Å². The summed E-state index contributed by atoms with van der Waals surface area (Å²) in [5, 5.41) is 16.8. The molecule has 5 nitrogen and oxygen atoms in total. The topological polar surface area (TPSA) is 67.5 Å². The molecule has 5 heteroatoms. The molecule has 0 fully saturated rings. The molecule has 0 aliphatic carbocycles. The standard InChI is InChI=1S/C14H18N2O3/c1-9-6-12(16-19-9)8-15-10(2)11-4-5-13(17)14(7-11)18-3/h4-7,10,15,17H,8H2,1-3H3. The molecule has 1 aromatic carbocycles. The molecule has 0 bridgehead atoms. The summed E-state index contributed by atoms with van der Waals surface area (Å²) in [4.78, 5) is 0. The van der Waals surface area contributed by atoms with Gasteiger partial charge in [0.2, 0.25) is 0 Å². The molecule has 0 saturated carbocycles. The Hall–Kier alpha value is -2.01. The van der Waals surface area contributed by atoms with Crippen LogP contribution in [-0.4, -0.2) is 17.4 Å². The minimum atomic E-state index is 0.117. The molecule has 19 heavy (non-hydrogen) atoms. The number of nitrogens with one attached hydrogen (secondary N) is 1. The number of phenols is 1. The summed E-state index contributed by atoms with van der Waals surface area (Å²) in [5.41, 5.74) is 1.91. The number of aryl methyl sites for hydroxylation is 1. The Kier molecular flexibility index (Phi) is 4.06. The van der Waals surface area contributed by atoms with Crippen LogP contribution in [0.2, 0.25) is 0 Å². The fourth-order valence-corrected chi connectivity index (χ4v) is 1.84. The minimum Gasteiger partial charge on any atom is -0.504 e. The maximum absolute atomic E-state index is 9.56. The Balaban J connectivity index is 2.01. The molecule has 0 spiro atoms. The van der Waals surface area contributed by atoms with Crippen molar-refractivity contribution in [3.63, 3.8) is 0 Å². The Bertz CT molecular complexity index is 551. The molecule has 0 amide bonds. The number of phenolic OH excluding ortho intramolecular Hbond substituents is 1. The third-order valence-corrected chi connectivity index (χ3v) is 2.97. The van der Waals surface area contributed by atoms with E-state index in [1.54, 1.807) is 6.07 Å². The lowest BCUT2D eigenvalue weighted by Crippen LogP contribution is -2.18. The molecule has 1 heterocycles. The average molecular weight is 262 g/mol. The van der Waals surface area contributed by atoms with Crippen LogP contribution in [-0.2, 0) is 6.54 Å². The Labute approximate surface area is 112 Å². The van der Waals surface area contributed by atoms with Gasteiger partial charge in [0.25, 0.3) is 0 Å². The van der Waals surface area contributed by atoms with E-state index in [1.165, 1.54) is 7.11 Å². The second-order valence-corrected chi connectivity index (χ2v) is 4.46. The van der Waals surface area contributed by atoms with E-state index < -0.39 is 0 Å². The lowest BCUT2D eigenvalue weighted by Gasteiger charge is -2.14. The first kappa shape index (κ1) is 13.4. The van der Waals surface area contributed by atoms with Crippen LogP contribution in [0.25, 0.3) is 0 Å². The first-order valence-electron chi connectivity index (χ1n) is 6.12. The van der Waals surface area contributed by atoms with Crippen molar-refractivity contribution in [2.24, 2.45) is 0 Å². The summed E-state index contributed by atoms with van der Waals surface area (Å²) in [5.74, 6) is 1.42. The van der Waals surface area contributed by atoms with Crippen molar-refractivity contribution in [1.29, 1.82) is 0 Å². The summed E-state index contributed by atoms with van der Waals surface area (Å²) in [6.45, 7) is 4.53. The van der Waals surface area contributed by atoms with Gasteiger partial charge in [-0.15, -0.1) is 0 Å². The van der Waals surface area contributed by atoms with Crippen LogP contribution in [0, 0.1) is 6.92 Å². The second-order valence-electron chi connectivity index (χ2n) is 4.46. The number of rotatable bonds is 5. The van der Waals surface area contributed by atoms with Gasteiger partial charge in [0.1, 0.15) is 5.76 Å². The van der Waals surface area contributed by atoms with Crippen molar-refractivity contribution in [3.05, 3.63) is 41.3 Å². The largest absolute Gasteiger partial charge is 0.504 e. The molecular formula is C14H18N2O3. The van der Waals surface area contributed by atoms with Gasteiger partial charge in [0.05, 0.1) is 12.8 Å². The molecule has 102 valence electrons. The van der Waals surface area contributed by atoms with Gasteiger partial charge in [0, 0.05) is 18.7 Å². The number of hydrogen-bond donors (Lipinski definition) is 2. The Morgan fingerprint density at radius 3 is 2.84 bits per heavy atom. The first-order valence-corrected chi connectivity index (χ1v) is 6.12. The summed E-state index contributed by atoms with van der Waals surface area (Å²) in [7, 11) is 1.54. The van der Waals surface area contributed by atoms with Crippen LogP contribution in [0.15, 0.2) is 28.8 Å². The summed E-state index contributed by atoms with van der Waals surface area (Å²) in [6.07, 6.45) is 0. The lowest BCUT2D eigenvalue weighted by molar-refractivity contribution is 0.372. The van der Waals surface area contributed by atoms with Gasteiger partial charge in [0.15, 0.2) is 11.5 Å². The highest BCUT2D eigenvalue weighted by atomic mass is 16.5. The van der Waals surface area contributed by atoms with Gasteiger partial charge in [-0.2, -0.15) is 0 Å². The van der Waals surface area contributed by atoms with Crippen LogP contribution in [0.3, 0.4) is 0 Å². The van der Waals surface area contributed by atoms with Gasteiger partial charge in [-0.05, 0) is 31.5 Å². The molecule has 0 saturated heterocycles. The van der Waals surface area contributed by atoms with E-state index in [0.29, 0.717) is 12.3 Å². The first-order chi connectivity index (χ1) is 9.10. The van der Waals surface area contributed by atoms with Crippen molar-refractivity contribution < 1.29 is 14.4 Å². The highest BCUT2D eigenvalue weighted by molar-refractivity contribution is 5.42. The highest BCUT2D eigenvalue weighted by Crippen LogP contribution is 2.28. The van der Waals surface area contributed by atoms with E-state index in [1.807, 2.05) is 32.0 Å². The third kappa shape index (κ3) is 3.26. The zero-order valence-electron chi connectivity index (χ0n) is 11.3. The van der Waals surface area contributed by atoms with E-state index in [0.717, 1.165) is 17.0 Å². The van der Waals surface area contributed by atoms with Gasteiger partial charge in [-0.3, -0.25) is 0 Å². The molecule has 0 radical (unpaired) electrons. The SMILES string of the molecule is COc1cc(C(C)NCc2cc(C)on2)ccc1O. The molecule has 2 rings (SSSR count). The van der Waals surface area contributed by atoms with Gasteiger partial charge in [-0.1, -0.05) is 11.2 Å². The number of aromatic nitrogens is 1. The fraction of sp³-hybridized carbons (Fsp3) is 0.357. The molecule has 1 aromatic heterocycles. The Morgan fingerprint density at radius 1 is 1.42 bits per heavy atom. The monoisotopic (exact) mass is 262 g/mol. The zero-order valence-corrected chi connectivity index (χ0v) is 11.3. The number of methoxy groups -OCH3 is 1. The van der Waals surface area contributed by atoms with Crippen LogP contribution in [0.1, 0.15) is 30.0 Å². The van der Waals surface area contributed by atoms with Gasteiger partial charge in [-0.25, -0.2) is 0 Å². The lowest BCUT2D eigenvalue weighted by atomic mass is 10.1. The molecule has 0 aliphatic heterocycles. The smallest absolute Gasteiger partial charge is 0.160 e. The predicted octanol–water partition coefficient (Wildman–Crippen LogP) is 2.55. The van der Waals surface area contributed by atoms with Crippen molar-refractivity contribution in [2.75, 3.05) is 7.11 Å². The van der Waals surface area contributed by atoms with Crippen molar-refractivity contribution in [3.8, 4) is 11.5 Å². The van der Waals surface area contributed by atoms with E-state index in [9.17, 15) is 5.11 Å². The molecule has 0 aliphatic rings. The second kappa shape index (κ2) is 5.75. The summed E-state index contributed by atoms with van der Waals surface area (Å²) >= 11 is 0. The third-order valence-electron chi connectivity index (χ3n) is 2.97. The molecule has 1 unspecified atom stereocenters. The molecule has 2 N–H and O–H groups in total. The van der Waals surface area contributed by atoms with E-state index >= 15 is 0 Å². The average Bonchev–Trinajstić information content (AvgIpc) is 2.82. The zero-order chi connectivity index (χ0) is 13.8. The van der Waals surface area contributed by atoms with Gasteiger partial charge >= 0.3 is 0 Å². The van der Waals surface area contributed by atoms with Crippen LogP contribution < -0.4 is 10.1 Å². The number of hydrogen-bond acceptors (Lipinski definition) is 5. The molecule has 1 atom stereocenters. The Morgan fingerprint density at radius 2 is 2.21 bits per heavy atom. The fourth-order valence-electron chi connectivity index (χ4n) is 1.84. The number of ether oxygens (including phenoxy) is 1. The number of benzene rings is 1. The molecular weight excluding hydrogens is 244 g/mol. The summed E-state index contributed by atoms with van der Waals surface area (Å²) < 4.78 is 10.1. The molecule has 2 aromatic rings. The van der Waals surface area contributed by atoms with E-state index in [-0.39, 0.29) is 11.8 Å².